The third kappa shape index (κ3) is 8.47. The summed E-state index contributed by atoms with van der Waals surface area (Å²) in [7, 11) is 4.06. The van der Waals surface area contributed by atoms with Gasteiger partial charge in [-0.1, -0.05) is 45.8 Å². The molecule has 11 heteroatoms. The summed E-state index contributed by atoms with van der Waals surface area (Å²) in [5.74, 6) is 9.32. The lowest BCUT2D eigenvalue weighted by Gasteiger charge is -2.25. The smallest absolute Gasteiger partial charge is 0.261 e. The van der Waals surface area contributed by atoms with Gasteiger partial charge in [-0.2, -0.15) is 0 Å². The number of hydrogen-bond acceptors (Lipinski definition) is 6. The molecule has 51 heavy (non-hydrogen) atoms. The summed E-state index contributed by atoms with van der Waals surface area (Å²) in [6.45, 7) is 4.52. The van der Waals surface area contributed by atoms with E-state index in [1.54, 1.807) is 45.5 Å². The van der Waals surface area contributed by atoms with Crippen LogP contribution in [-0.4, -0.2) is 56.1 Å². The Balaban J connectivity index is 0.000000148. The van der Waals surface area contributed by atoms with E-state index in [-0.39, 0.29) is 22.8 Å². The monoisotopic (exact) mass is 746 g/mol. The second-order valence-electron chi connectivity index (χ2n) is 12.3. The number of hydrogen-bond donors (Lipinski definition) is 0. The van der Waals surface area contributed by atoms with Crippen molar-refractivity contribution in [2.45, 2.75) is 26.2 Å². The molecule has 0 saturated heterocycles. The van der Waals surface area contributed by atoms with Gasteiger partial charge < -0.3 is 0 Å². The number of fused-ring (bicyclic) bond motifs is 4. The van der Waals surface area contributed by atoms with Crippen LogP contribution in [-0.2, 0) is 26.2 Å². The van der Waals surface area contributed by atoms with Crippen molar-refractivity contribution < 1.29 is 8.78 Å². The number of aromatic nitrogens is 4. The first-order valence-corrected chi connectivity index (χ1v) is 17.0. The van der Waals surface area contributed by atoms with Crippen LogP contribution < -0.4 is 11.1 Å². The fraction of sp³-hybridized carbons (Fsp3) is 0.200. The van der Waals surface area contributed by atoms with Crippen molar-refractivity contribution in [3.63, 3.8) is 0 Å². The van der Waals surface area contributed by atoms with E-state index in [0.717, 1.165) is 53.4 Å². The molecule has 0 aliphatic carbocycles. The Kier molecular flexibility index (Phi) is 10.8. The van der Waals surface area contributed by atoms with Crippen molar-refractivity contribution in [2.24, 2.45) is 0 Å². The summed E-state index contributed by atoms with van der Waals surface area (Å²) in [6.07, 6.45) is 5.00. The highest BCUT2D eigenvalue weighted by Crippen LogP contribution is 2.18. The molecule has 2 aliphatic rings. The molecule has 0 amide bonds. The van der Waals surface area contributed by atoms with E-state index in [1.807, 2.05) is 38.4 Å². The molecule has 0 atom stereocenters. The topological polar surface area (TPSA) is 76.3 Å². The van der Waals surface area contributed by atoms with Crippen molar-refractivity contribution in [3.05, 3.63) is 150 Å². The Labute approximate surface area is 302 Å². The number of terminal acetylenes is 1. The fourth-order valence-electron chi connectivity index (χ4n) is 5.76. The average Bonchev–Trinajstić information content (AvgIpc) is 3.11. The first-order chi connectivity index (χ1) is 24.6. The molecule has 0 spiro atoms. The van der Waals surface area contributed by atoms with Gasteiger partial charge in [0.1, 0.15) is 23.3 Å². The van der Waals surface area contributed by atoms with Gasteiger partial charge in [0.05, 0.1) is 34.9 Å². The van der Waals surface area contributed by atoms with Gasteiger partial charge in [-0.3, -0.25) is 28.5 Å². The third-order valence-electron chi connectivity index (χ3n) is 8.43. The zero-order valence-corrected chi connectivity index (χ0v) is 29.6. The molecule has 6 aromatic rings. The minimum atomic E-state index is -0.309. The molecule has 2 aromatic heterocycles. The number of likely N-dealkylation sites (N-methyl/N-ethyl adjacent to an activating group) is 2. The summed E-state index contributed by atoms with van der Waals surface area (Å²) >= 11 is 3.41. The Hall–Kier alpha value is -5.46. The molecule has 8 rings (SSSR count). The van der Waals surface area contributed by atoms with Gasteiger partial charge in [-0.05, 0) is 86.9 Å². The van der Waals surface area contributed by atoms with Crippen LogP contribution in [0.1, 0.15) is 28.3 Å². The average molecular weight is 748 g/mol. The molecule has 0 bridgehead atoms. The summed E-state index contributed by atoms with van der Waals surface area (Å²) in [5.41, 5.74) is 3.43. The van der Waals surface area contributed by atoms with Crippen molar-refractivity contribution in [3.8, 4) is 24.2 Å². The van der Waals surface area contributed by atoms with Crippen LogP contribution in [0.25, 0.3) is 21.8 Å². The zero-order valence-electron chi connectivity index (χ0n) is 28.0. The number of halogens is 3. The largest absolute Gasteiger partial charge is 0.297 e. The van der Waals surface area contributed by atoms with Crippen LogP contribution in [0.15, 0.2) is 99.0 Å². The highest BCUT2D eigenvalue weighted by molar-refractivity contribution is 9.10. The quantitative estimate of drug-likeness (QED) is 0.183. The van der Waals surface area contributed by atoms with Gasteiger partial charge >= 0.3 is 0 Å². The highest BCUT2D eigenvalue weighted by atomic mass is 79.9. The molecule has 2 aliphatic heterocycles. The van der Waals surface area contributed by atoms with Gasteiger partial charge in [-0.15, -0.1) is 6.42 Å². The molecular weight excluding hydrogens is 714 g/mol. The third-order valence-corrected chi connectivity index (χ3v) is 8.92. The fourth-order valence-corrected chi connectivity index (χ4v) is 6.11. The van der Waals surface area contributed by atoms with Crippen molar-refractivity contribution >= 4 is 37.7 Å². The standard InChI is InChI=1S/C20H16FN3O.C12H12BrN3O.C8H5F/c1-23-9-10-24-19(13-23)22-18-12-15(7-8-17(18)20(24)25)6-5-14-3-2-4-16(21)11-14;1-15-4-5-16-11(7-15)14-10-6-8(13)2-3-9(10)12(16)17;1-2-7-4-3-5-8(9)6-7/h2-4,7-8,11-12H,9-10,13H2,1H3;2-3,6H,4-5,7H2,1H3;1,3-6H. The summed E-state index contributed by atoms with van der Waals surface area (Å²) in [6, 6.07) is 23.1. The van der Waals surface area contributed by atoms with Gasteiger partial charge in [0.15, 0.2) is 0 Å². The Morgan fingerprint density at radius 2 is 1.14 bits per heavy atom. The maximum atomic E-state index is 13.2. The van der Waals surface area contributed by atoms with Crippen LogP contribution in [0.2, 0.25) is 0 Å². The molecular formula is C40H33BrF2N6O2. The van der Waals surface area contributed by atoms with E-state index in [4.69, 9.17) is 6.42 Å². The first kappa shape index (κ1) is 35.4. The van der Waals surface area contributed by atoms with Crippen LogP contribution in [0.4, 0.5) is 8.78 Å². The van der Waals surface area contributed by atoms with E-state index < -0.39 is 0 Å². The van der Waals surface area contributed by atoms with E-state index in [9.17, 15) is 18.4 Å². The van der Waals surface area contributed by atoms with Crippen LogP contribution >= 0.6 is 15.9 Å². The van der Waals surface area contributed by atoms with Gasteiger partial charge in [0.2, 0.25) is 0 Å². The number of nitrogens with zero attached hydrogens (tertiary/aromatic N) is 6. The maximum absolute atomic E-state index is 13.2. The van der Waals surface area contributed by atoms with E-state index in [2.05, 4.69) is 53.5 Å². The van der Waals surface area contributed by atoms with Crippen molar-refractivity contribution in [2.75, 3.05) is 27.2 Å². The van der Waals surface area contributed by atoms with E-state index >= 15 is 0 Å². The second kappa shape index (κ2) is 15.6. The van der Waals surface area contributed by atoms with Crippen LogP contribution in [0.5, 0.6) is 0 Å². The van der Waals surface area contributed by atoms with Crippen molar-refractivity contribution in [1.82, 2.24) is 28.9 Å². The van der Waals surface area contributed by atoms with Gasteiger partial charge in [0.25, 0.3) is 11.1 Å². The Bertz CT molecular complexity index is 2500. The van der Waals surface area contributed by atoms with Crippen LogP contribution in [0.3, 0.4) is 0 Å². The summed E-state index contributed by atoms with van der Waals surface area (Å²) < 4.78 is 30.0. The first-order valence-electron chi connectivity index (χ1n) is 16.2. The minimum Gasteiger partial charge on any atom is -0.297 e. The van der Waals surface area contributed by atoms with Crippen molar-refractivity contribution in [1.29, 1.82) is 0 Å². The maximum Gasteiger partial charge on any atom is 0.261 e. The molecule has 0 unspecified atom stereocenters. The second-order valence-corrected chi connectivity index (χ2v) is 13.2. The molecule has 4 aromatic carbocycles. The zero-order chi connectivity index (χ0) is 36.1. The van der Waals surface area contributed by atoms with Gasteiger partial charge in [0, 0.05) is 47.3 Å². The highest BCUT2D eigenvalue weighted by Gasteiger charge is 2.18. The Morgan fingerprint density at radius 3 is 1.67 bits per heavy atom. The number of rotatable bonds is 0. The van der Waals surface area contributed by atoms with Gasteiger partial charge in [-0.25, -0.2) is 18.7 Å². The van der Waals surface area contributed by atoms with Crippen LogP contribution in [0, 0.1) is 35.8 Å². The number of benzene rings is 4. The summed E-state index contributed by atoms with van der Waals surface area (Å²) in [4.78, 5) is 38.5. The Morgan fingerprint density at radius 1 is 0.647 bits per heavy atom. The predicted molar refractivity (Wildman–Crippen MR) is 199 cm³/mol. The molecule has 0 radical (unpaired) electrons. The predicted octanol–water partition coefficient (Wildman–Crippen LogP) is 5.79. The molecule has 0 saturated carbocycles. The molecule has 256 valence electrons. The molecule has 0 N–H and O–H groups in total. The van der Waals surface area contributed by atoms with E-state index in [0.29, 0.717) is 40.5 Å². The minimum absolute atomic E-state index is 0.00209. The molecule has 4 heterocycles. The molecule has 8 nitrogen and oxygen atoms in total. The van der Waals surface area contributed by atoms with E-state index in [1.165, 1.54) is 24.3 Å². The normalized spacial score (nSPS) is 13.7. The lowest BCUT2D eigenvalue weighted by atomic mass is 10.1. The SMILES string of the molecule is C#Cc1cccc(F)c1.CN1CCn2c(nc3cc(Br)ccc3c2=O)C1.CN1CCn2c(nc3cc(C#Cc4cccc(F)c4)ccc3c2=O)C1. The lowest BCUT2D eigenvalue weighted by molar-refractivity contribution is 0.259. The summed E-state index contributed by atoms with van der Waals surface area (Å²) in [5, 5.41) is 1.30. The lowest BCUT2D eigenvalue weighted by Crippen LogP contribution is -2.38. The molecule has 0 fully saturated rings.